The molecule has 7 heteroatoms. The van der Waals surface area contributed by atoms with Crippen LogP contribution in [0.5, 0.6) is 5.75 Å². The number of ether oxygens (including phenoxy) is 1. The van der Waals surface area contributed by atoms with E-state index in [1.807, 2.05) is 31.2 Å². The zero-order valence-electron chi connectivity index (χ0n) is 21.1. The second kappa shape index (κ2) is 10.0. The topological polar surface area (TPSA) is 104 Å². The summed E-state index contributed by atoms with van der Waals surface area (Å²) in [6.07, 6.45) is 3.95. The maximum absolute atomic E-state index is 7.85. The number of rotatable bonds is 7. The van der Waals surface area contributed by atoms with Crippen LogP contribution in [0.4, 0.5) is 0 Å². The summed E-state index contributed by atoms with van der Waals surface area (Å²) in [7, 11) is 0. The third-order valence-corrected chi connectivity index (χ3v) is 7.05. The maximum atomic E-state index is 7.85. The van der Waals surface area contributed by atoms with Crippen LogP contribution in [0.3, 0.4) is 0 Å². The Balaban J connectivity index is 1.44. The molecule has 0 bridgehead atoms. The maximum Gasteiger partial charge on any atom is 0.122 e. The monoisotopic (exact) mass is 482 g/mol. The van der Waals surface area contributed by atoms with Crippen LogP contribution in [0.15, 0.2) is 54.6 Å². The van der Waals surface area contributed by atoms with Gasteiger partial charge in [0.15, 0.2) is 0 Å². The molecule has 5 rings (SSSR count). The first kappa shape index (κ1) is 23.9. The number of fused-ring (bicyclic) bond motifs is 2. The van der Waals surface area contributed by atoms with Crippen molar-refractivity contribution in [3.05, 3.63) is 71.5 Å². The molecule has 1 aromatic heterocycles. The van der Waals surface area contributed by atoms with Gasteiger partial charge in [0.05, 0.1) is 16.9 Å². The Morgan fingerprint density at radius 2 is 1.81 bits per heavy atom. The number of hydrogen-bond donors (Lipinski definition) is 3. The largest absolute Gasteiger partial charge is 0.490 e. The Morgan fingerprint density at radius 1 is 1.03 bits per heavy atom. The lowest BCUT2D eigenvalue weighted by molar-refractivity contribution is 0.130. The van der Waals surface area contributed by atoms with Crippen LogP contribution < -0.4 is 10.5 Å². The fourth-order valence-corrected chi connectivity index (χ4v) is 5.06. The average molecular weight is 483 g/mol. The van der Waals surface area contributed by atoms with Gasteiger partial charge in [-0.3, -0.25) is 10.8 Å². The number of imidazole rings is 1. The second-order valence-corrected chi connectivity index (χ2v) is 9.71. The van der Waals surface area contributed by atoms with Crippen LogP contribution in [0.1, 0.15) is 50.1 Å². The quantitative estimate of drug-likeness (QED) is 0.245. The van der Waals surface area contributed by atoms with Crippen LogP contribution >= 0.6 is 0 Å². The molecule has 0 atom stereocenters. The normalized spacial score (nSPS) is 14.4. The van der Waals surface area contributed by atoms with Crippen molar-refractivity contribution in [3.63, 3.8) is 0 Å². The van der Waals surface area contributed by atoms with Gasteiger partial charge in [0.1, 0.15) is 23.5 Å². The van der Waals surface area contributed by atoms with E-state index in [1.165, 1.54) is 5.56 Å². The van der Waals surface area contributed by atoms with E-state index in [-0.39, 0.29) is 11.9 Å². The molecule has 1 saturated heterocycles. The highest BCUT2D eigenvalue weighted by atomic mass is 16.5. The third kappa shape index (κ3) is 4.91. The molecule has 0 spiro atoms. The van der Waals surface area contributed by atoms with Gasteiger partial charge >= 0.3 is 0 Å². The number of nitrogens with zero attached hydrogens (tertiary/aromatic N) is 3. The smallest absolute Gasteiger partial charge is 0.122 e. The Kier molecular flexibility index (Phi) is 6.63. The van der Waals surface area contributed by atoms with Crippen molar-refractivity contribution in [1.82, 2.24) is 14.5 Å². The van der Waals surface area contributed by atoms with Gasteiger partial charge in [-0.05, 0) is 53.9 Å². The van der Waals surface area contributed by atoms with Gasteiger partial charge in [0.25, 0.3) is 0 Å². The number of nitrogens with one attached hydrogen (secondary N) is 2. The fraction of sp³-hybridized carbons (Fsp3) is 0.345. The molecule has 4 N–H and O–H groups in total. The highest BCUT2D eigenvalue weighted by Gasteiger charge is 2.21. The molecule has 0 aliphatic carbocycles. The minimum atomic E-state index is 0.0827. The van der Waals surface area contributed by atoms with Crippen molar-refractivity contribution in [1.29, 1.82) is 10.8 Å². The summed E-state index contributed by atoms with van der Waals surface area (Å²) in [5, 5.41) is 17.8. The van der Waals surface area contributed by atoms with Crippen LogP contribution in [0.25, 0.3) is 21.8 Å². The third-order valence-electron chi connectivity index (χ3n) is 7.05. The SMILES string of the molecule is CCCc1nc2ccc(OC3CCN(C(C)=N)CC3)cc2n1Cc1ccc2ccc(C(=N)N)cc2c1. The van der Waals surface area contributed by atoms with Gasteiger partial charge in [-0.15, -0.1) is 0 Å². The molecular formula is C29H34N6O. The number of hydrogen-bond acceptors (Lipinski definition) is 4. The highest BCUT2D eigenvalue weighted by molar-refractivity contribution is 5.99. The van der Waals surface area contributed by atoms with E-state index < -0.39 is 0 Å². The number of benzene rings is 3. The predicted molar refractivity (Wildman–Crippen MR) is 146 cm³/mol. The molecule has 1 aliphatic rings. The number of aryl methyl sites for hydroxylation is 1. The number of likely N-dealkylation sites (tertiary alicyclic amines) is 1. The summed E-state index contributed by atoms with van der Waals surface area (Å²) in [5.41, 5.74) is 9.71. The molecule has 2 heterocycles. The van der Waals surface area contributed by atoms with Crippen LogP contribution in [0, 0.1) is 10.8 Å². The van der Waals surface area contributed by atoms with Crippen LogP contribution in [-0.2, 0) is 13.0 Å². The lowest BCUT2D eigenvalue weighted by Crippen LogP contribution is -2.40. The van der Waals surface area contributed by atoms with Gasteiger partial charge in [0.2, 0.25) is 0 Å². The molecule has 1 fully saturated rings. The van der Waals surface area contributed by atoms with Crippen molar-refractivity contribution in [3.8, 4) is 5.75 Å². The number of amidine groups is 2. The summed E-state index contributed by atoms with van der Waals surface area (Å²) in [6.45, 7) is 6.48. The fourth-order valence-electron chi connectivity index (χ4n) is 5.06. The minimum Gasteiger partial charge on any atom is -0.490 e. The molecular weight excluding hydrogens is 448 g/mol. The van der Waals surface area contributed by atoms with E-state index in [1.54, 1.807) is 0 Å². The lowest BCUT2D eigenvalue weighted by Gasteiger charge is -2.32. The van der Waals surface area contributed by atoms with Crippen molar-refractivity contribution in [2.75, 3.05) is 13.1 Å². The Bertz CT molecular complexity index is 1430. The minimum absolute atomic E-state index is 0.0827. The first-order chi connectivity index (χ1) is 17.4. The summed E-state index contributed by atoms with van der Waals surface area (Å²) in [5.74, 6) is 2.67. The number of nitrogen functional groups attached to an aromatic ring is 1. The van der Waals surface area contributed by atoms with Crippen molar-refractivity contribution in [2.45, 2.75) is 52.2 Å². The van der Waals surface area contributed by atoms with E-state index in [9.17, 15) is 0 Å². The first-order valence-electron chi connectivity index (χ1n) is 12.7. The summed E-state index contributed by atoms with van der Waals surface area (Å²) in [6, 6.07) is 18.6. The molecule has 7 nitrogen and oxygen atoms in total. The van der Waals surface area contributed by atoms with E-state index in [2.05, 4.69) is 46.7 Å². The van der Waals surface area contributed by atoms with Gasteiger partial charge in [0, 0.05) is 50.5 Å². The summed E-state index contributed by atoms with van der Waals surface area (Å²) < 4.78 is 8.70. The zero-order chi connectivity index (χ0) is 25.2. The van der Waals surface area contributed by atoms with E-state index in [4.69, 9.17) is 26.3 Å². The van der Waals surface area contributed by atoms with Gasteiger partial charge in [-0.25, -0.2) is 4.98 Å². The molecule has 0 radical (unpaired) electrons. The van der Waals surface area contributed by atoms with E-state index >= 15 is 0 Å². The van der Waals surface area contributed by atoms with Crippen molar-refractivity contribution >= 4 is 33.5 Å². The van der Waals surface area contributed by atoms with Gasteiger partial charge in [-0.1, -0.05) is 31.2 Å². The molecule has 1 aliphatic heterocycles. The Morgan fingerprint density at radius 3 is 2.53 bits per heavy atom. The average Bonchev–Trinajstić information content (AvgIpc) is 3.20. The van der Waals surface area contributed by atoms with E-state index in [0.29, 0.717) is 12.4 Å². The highest BCUT2D eigenvalue weighted by Crippen LogP contribution is 2.27. The molecule has 36 heavy (non-hydrogen) atoms. The molecule has 0 amide bonds. The number of nitrogens with two attached hydrogens (primary N) is 1. The van der Waals surface area contributed by atoms with E-state index in [0.717, 1.165) is 77.7 Å². The van der Waals surface area contributed by atoms with Crippen LogP contribution in [-0.4, -0.2) is 45.3 Å². The first-order valence-corrected chi connectivity index (χ1v) is 12.7. The molecule has 0 unspecified atom stereocenters. The second-order valence-electron chi connectivity index (χ2n) is 9.71. The van der Waals surface area contributed by atoms with Gasteiger partial charge < -0.3 is 19.9 Å². The van der Waals surface area contributed by atoms with Crippen LogP contribution in [0.2, 0.25) is 0 Å². The number of aromatic nitrogens is 2. The standard InChI is InChI=1S/C29H34N6O/c1-3-4-28-33-26-10-9-25(36-24-11-13-34(14-12-24)19(2)30)17-27(26)35(28)18-20-5-6-21-7-8-22(29(31)32)16-23(21)15-20/h5-10,15-17,24,30H,3-4,11-14,18H2,1-2H3,(H3,31,32). The van der Waals surface area contributed by atoms with Crippen molar-refractivity contribution < 1.29 is 4.74 Å². The Hall–Kier alpha value is -3.87. The van der Waals surface area contributed by atoms with Crippen molar-refractivity contribution in [2.24, 2.45) is 5.73 Å². The lowest BCUT2D eigenvalue weighted by atomic mass is 10.0. The molecule has 3 aromatic carbocycles. The number of piperidine rings is 1. The molecule has 4 aromatic rings. The van der Waals surface area contributed by atoms with Gasteiger partial charge in [-0.2, -0.15) is 0 Å². The zero-order valence-corrected chi connectivity index (χ0v) is 21.1. The Labute approximate surface area is 211 Å². The molecule has 0 saturated carbocycles. The predicted octanol–water partition coefficient (Wildman–Crippen LogP) is 5.31. The summed E-state index contributed by atoms with van der Waals surface area (Å²) in [4.78, 5) is 7.06. The summed E-state index contributed by atoms with van der Waals surface area (Å²) >= 11 is 0. The molecule has 186 valence electrons.